The van der Waals surface area contributed by atoms with Gasteiger partial charge in [-0.2, -0.15) is 0 Å². The third-order valence-electron chi connectivity index (χ3n) is 8.06. The number of para-hydroxylation sites is 1. The van der Waals surface area contributed by atoms with Crippen LogP contribution < -0.4 is 4.90 Å². The van der Waals surface area contributed by atoms with Gasteiger partial charge in [-0.25, -0.2) is 0 Å². The van der Waals surface area contributed by atoms with Crippen LogP contribution in [-0.2, 0) is 14.3 Å². The Kier molecular flexibility index (Phi) is 6.49. The Morgan fingerprint density at radius 3 is 2.50 bits per heavy atom. The van der Waals surface area contributed by atoms with Gasteiger partial charge in [0, 0.05) is 37.4 Å². The lowest BCUT2D eigenvalue weighted by Crippen LogP contribution is -2.56. The van der Waals surface area contributed by atoms with Crippen LogP contribution in [0, 0.1) is 29.6 Å². The zero-order valence-corrected chi connectivity index (χ0v) is 19.8. The van der Waals surface area contributed by atoms with Gasteiger partial charge in [-0.05, 0) is 68.1 Å². The highest BCUT2D eigenvalue weighted by Crippen LogP contribution is 2.51. The number of esters is 1. The summed E-state index contributed by atoms with van der Waals surface area (Å²) in [6.45, 7) is 8.42. The van der Waals surface area contributed by atoms with Crippen LogP contribution in [0.3, 0.4) is 0 Å². The van der Waals surface area contributed by atoms with E-state index in [1.807, 2.05) is 42.2 Å². The van der Waals surface area contributed by atoms with Crippen LogP contribution in [-0.4, -0.2) is 35.2 Å². The quantitative estimate of drug-likeness (QED) is 0.514. The van der Waals surface area contributed by atoms with Crippen molar-refractivity contribution >= 4 is 17.6 Å². The predicted molar refractivity (Wildman–Crippen MR) is 125 cm³/mol. The maximum Gasteiger partial charge on any atom is 0.303 e. The number of anilines is 1. The molecule has 4 rings (SSSR count). The van der Waals surface area contributed by atoms with Gasteiger partial charge in [-0.15, -0.1) is 0 Å². The van der Waals surface area contributed by atoms with Gasteiger partial charge in [-0.3, -0.25) is 9.59 Å². The van der Waals surface area contributed by atoms with Gasteiger partial charge in [0.05, 0.1) is 5.60 Å². The van der Waals surface area contributed by atoms with Gasteiger partial charge in [0.1, 0.15) is 6.10 Å². The molecule has 2 saturated carbocycles. The van der Waals surface area contributed by atoms with Gasteiger partial charge in [-0.1, -0.05) is 38.1 Å². The molecule has 3 aliphatic carbocycles. The summed E-state index contributed by atoms with van der Waals surface area (Å²) >= 11 is 0. The van der Waals surface area contributed by atoms with Crippen LogP contribution >= 0.6 is 0 Å². The fourth-order valence-electron chi connectivity index (χ4n) is 5.90. The molecule has 0 radical (unpaired) electrons. The third kappa shape index (κ3) is 4.50. The number of fused-ring (bicyclic) bond motifs is 1. The molecule has 0 spiro atoms. The molecule has 0 bridgehead atoms. The van der Waals surface area contributed by atoms with Crippen LogP contribution in [0.1, 0.15) is 59.8 Å². The number of hydrogen-bond acceptors (Lipinski definition) is 4. The lowest BCUT2D eigenvalue weighted by Gasteiger charge is -2.53. The summed E-state index contributed by atoms with van der Waals surface area (Å²) in [4.78, 5) is 26.7. The van der Waals surface area contributed by atoms with E-state index in [-0.39, 0.29) is 47.6 Å². The first-order valence-electron chi connectivity index (χ1n) is 12.1. The fraction of sp³-hybridized carbons (Fsp3) is 0.630. The zero-order chi connectivity index (χ0) is 23.0. The highest BCUT2D eigenvalue weighted by atomic mass is 16.5. The molecule has 0 aromatic heterocycles. The van der Waals surface area contributed by atoms with Crippen molar-refractivity contribution in [3.8, 4) is 0 Å². The van der Waals surface area contributed by atoms with E-state index in [4.69, 9.17) is 4.74 Å². The smallest absolute Gasteiger partial charge is 0.303 e. The number of rotatable bonds is 6. The molecule has 1 amide bonds. The number of nitrogens with zero attached hydrogens (tertiary/aromatic N) is 1. The number of hydrogen-bond donors (Lipinski definition) is 1. The summed E-state index contributed by atoms with van der Waals surface area (Å²) in [6, 6.07) is 9.97. The van der Waals surface area contributed by atoms with E-state index in [0.29, 0.717) is 13.0 Å². The Bertz CT molecular complexity index is 877. The molecule has 1 aromatic rings. The van der Waals surface area contributed by atoms with E-state index in [9.17, 15) is 14.7 Å². The summed E-state index contributed by atoms with van der Waals surface area (Å²) < 4.78 is 5.53. The average Bonchev–Trinajstić information content (AvgIpc) is 3.59. The van der Waals surface area contributed by atoms with Gasteiger partial charge >= 0.3 is 5.97 Å². The molecular formula is C27H37NO4. The molecule has 0 aliphatic heterocycles. The van der Waals surface area contributed by atoms with Crippen molar-refractivity contribution in [1.29, 1.82) is 0 Å². The maximum absolute atomic E-state index is 13.1. The highest BCUT2D eigenvalue weighted by molar-refractivity contribution is 5.96. The Balaban J connectivity index is 1.58. The lowest BCUT2D eigenvalue weighted by molar-refractivity contribution is -0.159. The summed E-state index contributed by atoms with van der Waals surface area (Å²) in [7, 11) is 0. The van der Waals surface area contributed by atoms with Crippen molar-refractivity contribution in [2.45, 2.75) is 71.5 Å². The largest absolute Gasteiger partial charge is 0.458 e. The van der Waals surface area contributed by atoms with E-state index in [2.05, 4.69) is 19.9 Å². The summed E-state index contributed by atoms with van der Waals surface area (Å²) in [6.07, 6.45) is 6.18. The minimum atomic E-state index is -0.894. The molecular weight excluding hydrogens is 402 g/mol. The molecule has 174 valence electrons. The molecule has 2 fully saturated rings. The SMILES string of the molecule is CC(=O)O[C@@H]1C[C@@]2(O)[C@H](C)CC[C@@H]([C@H](C)CN(C(=O)C3CC3)c3ccccc3)[C@H]2C=C1C. The van der Waals surface area contributed by atoms with Gasteiger partial charge in [0.2, 0.25) is 5.91 Å². The van der Waals surface area contributed by atoms with Gasteiger partial charge in [0.15, 0.2) is 0 Å². The minimum Gasteiger partial charge on any atom is -0.458 e. The van der Waals surface area contributed by atoms with E-state index in [0.717, 1.165) is 36.9 Å². The molecule has 0 heterocycles. The third-order valence-corrected chi connectivity index (χ3v) is 8.06. The first kappa shape index (κ1) is 23.0. The molecule has 32 heavy (non-hydrogen) atoms. The maximum atomic E-state index is 13.1. The van der Waals surface area contributed by atoms with E-state index in [1.54, 1.807) is 0 Å². The van der Waals surface area contributed by atoms with Gasteiger partial charge in [0.25, 0.3) is 0 Å². The monoisotopic (exact) mass is 439 g/mol. The van der Waals surface area contributed by atoms with Crippen molar-refractivity contribution < 1.29 is 19.4 Å². The first-order chi connectivity index (χ1) is 15.2. The van der Waals surface area contributed by atoms with Crippen LogP contribution in [0.25, 0.3) is 0 Å². The number of amides is 1. The Labute approximate surface area is 191 Å². The van der Waals surface area contributed by atoms with Crippen molar-refractivity contribution in [2.24, 2.45) is 29.6 Å². The molecule has 3 aliphatic rings. The molecule has 0 saturated heterocycles. The number of carbonyl (C=O) groups is 2. The second kappa shape index (κ2) is 9.01. The Morgan fingerprint density at radius 1 is 1.19 bits per heavy atom. The lowest BCUT2D eigenvalue weighted by atomic mass is 9.57. The summed E-state index contributed by atoms with van der Waals surface area (Å²) in [5, 5.41) is 11.8. The molecule has 5 heteroatoms. The second-order valence-corrected chi connectivity index (χ2v) is 10.4. The van der Waals surface area contributed by atoms with Crippen molar-refractivity contribution in [2.75, 3.05) is 11.4 Å². The van der Waals surface area contributed by atoms with Gasteiger partial charge < -0.3 is 14.7 Å². The Morgan fingerprint density at radius 2 is 1.88 bits per heavy atom. The fourth-order valence-corrected chi connectivity index (χ4v) is 5.90. The van der Waals surface area contributed by atoms with Crippen molar-refractivity contribution in [3.63, 3.8) is 0 Å². The highest BCUT2D eigenvalue weighted by Gasteiger charge is 2.53. The Hall–Kier alpha value is -2.14. The zero-order valence-electron chi connectivity index (χ0n) is 19.8. The average molecular weight is 440 g/mol. The molecule has 0 unspecified atom stereocenters. The minimum absolute atomic E-state index is 0.00158. The topological polar surface area (TPSA) is 66.8 Å². The van der Waals surface area contributed by atoms with Crippen LogP contribution in [0.15, 0.2) is 42.0 Å². The van der Waals surface area contributed by atoms with Crippen molar-refractivity contribution in [3.05, 3.63) is 42.0 Å². The number of aliphatic hydroxyl groups is 1. The van der Waals surface area contributed by atoms with Crippen LogP contribution in [0.2, 0.25) is 0 Å². The van der Waals surface area contributed by atoms with E-state index >= 15 is 0 Å². The molecule has 6 atom stereocenters. The molecule has 1 aromatic carbocycles. The normalized spacial score (nSPS) is 33.0. The second-order valence-electron chi connectivity index (χ2n) is 10.4. The first-order valence-corrected chi connectivity index (χ1v) is 12.1. The number of ether oxygens (including phenoxy) is 1. The van der Waals surface area contributed by atoms with Crippen molar-refractivity contribution in [1.82, 2.24) is 0 Å². The summed E-state index contributed by atoms with van der Waals surface area (Å²) in [5.41, 5.74) is 1.09. The predicted octanol–water partition coefficient (Wildman–Crippen LogP) is 4.74. The number of carbonyl (C=O) groups excluding carboxylic acids is 2. The number of benzene rings is 1. The van der Waals surface area contributed by atoms with E-state index in [1.165, 1.54) is 6.92 Å². The van der Waals surface area contributed by atoms with E-state index < -0.39 is 5.60 Å². The molecule has 1 N–H and O–H groups in total. The summed E-state index contributed by atoms with van der Waals surface area (Å²) in [5.74, 6) is 0.715. The van der Waals surface area contributed by atoms with Crippen LogP contribution in [0.5, 0.6) is 0 Å². The van der Waals surface area contributed by atoms with Crippen LogP contribution in [0.4, 0.5) is 5.69 Å². The standard InChI is InChI=1S/C27H37NO4/c1-17-14-24-23(13-10-19(3)27(24,31)15-25(17)32-20(4)29)18(2)16-28(26(30)21-11-12-21)22-8-6-5-7-9-22/h5-9,14,18-19,21,23-25,31H,10-13,15-16H2,1-4H3/t18-,19-,23+,24-,25-,27-/m1/s1. The molecule has 5 nitrogen and oxygen atoms in total.